The molecule has 2 rings (SSSR count). The minimum absolute atomic E-state index is 0.0228. The van der Waals surface area contributed by atoms with E-state index in [4.69, 9.17) is 5.11 Å². The summed E-state index contributed by atoms with van der Waals surface area (Å²) in [4.78, 5) is 23.8. The molecule has 0 bridgehead atoms. The van der Waals surface area contributed by atoms with Crippen LogP contribution in [0.2, 0.25) is 0 Å². The summed E-state index contributed by atoms with van der Waals surface area (Å²) in [6, 6.07) is 0.312. The molecular weight excluding hydrogens is 184 g/mol. The fourth-order valence-corrected chi connectivity index (χ4v) is 1.90. The minimum Gasteiger partial charge on any atom is -0.481 e. The van der Waals surface area contributed by atoms with Crippen molar-refractivity contribution < 1.29 is 14.7 Å². The van der Waals surface area contributed by atoms with Gasteiger partial charge in [-0.3, -0.25) is 14.5 Å². The number of piperazine rings is 1. The molecule has 0 aromatic rings. The SMILES string of the molecule is O=C(O)CC1CN(C2CC2)CC(=O)N1. The van der Waals surface area contributed by atoms with Gasteiger partial charge in [-0.25, -0.2) is 0 Å². The molecule has 1 saturated carbocycles. The van der Waals surface area contributed by atoms with Gasteiger partial charge < -0.3 is 10.4 Å². The maximum Gasteiger partial charge on any atom is 0.305 e. The number of hydrogen-bond acceptors (Lipinski definition) is 3. The highest BCUT2D eigenvalue weighted by Crippen LogP contribution is 2.27. The fraction of sp³-hybridized carbons (Fsp3) is 0.778. The molecule has 1 saturated heterocycles. The molecule has 2 fully saturated rings. The quantitative estimate of drug-likeness (QED) is 0.636. The van der Waals surface area contributed by atoms with E-state index in [1.54, 1.807) is 0 Å². The second kappa shape index (κ2) is 3.57. The van der Waals surface area contributed by atoms with Crippen LogP contribution in [0.4, 0.5) is 0 Å². The summed E-state index contributed by atoms with van der Waals surface area (Å²) >= 11 is 0. The highest BCUT2D eigenvalue weighted by Gasteiger charge is 2.35. The van der Waals surface area contributed by atoms with E-state index in [0.717, 1.165) is 12.8 Å². The first-order valence-corrected chi connectivity index (χ1v) is 4.90. The Bertz CT molecular complexity index is 261. The average Bonchev–Trinajstić information content (AvgIpc) is 2.82. The standard InChI is InChI=1S/C9H14N2O3/c12-8-5-11(7-1-2-7)4-6(10-8)3-9(13)14/h6-7H,1-5H2,(H,10,12)(H,13,14). The first-order valence-electron chi connectivity index (χ1n) is 4.90. The zero-order valence-electron chi connectivity index (χ0n) is 7.90. The number of nitrogens with zero attached hydrogens (tertiary/aromatic N) is 1. The van der Waals surface area contributed by atoms with Crippen LogP contribution < -0.4 is 5.32 Å². The number of rotatable bonds is 3. The van der Waals surface area contributed by atoms with Gasteiger partial charge >= 0.3 is 5.97 Å². The van der Waals surface area contributed by atoms with Crippen molar-refractivity contribution in [3.05, 3.63) is 0 Å². The van der Waals surface area contributed by atoms with E-state index < -0.39 is 5.97 Å². The number of carbonyl (C=O) groups excluding carboxylic acids is 1. The summed E-state index contributed by atoms with van der Waals surface area (Å²) in [5, 5.41) is 11.3. The zero-order chi connectivity index (χ0) is 10.1. The van der Waals surface area contributed by atoms with E-state index in [-0.39, 0.29) is 18.4 Å². The van der Waals surface area contributed by atoms with E-state index >= 15 is 0 Å². The van der Waals surface area contributed by atoms with E-state index in [1.807, 2.05) is 0 Å². The number of carboxylic acid groups (broad SMARTS) is 1. The zero-order valence-corrected chi connectivity index (χ0v) is 7.90. The lowest BCUT2D eigenvalue weighted by Crippen LogP contribution is -2.55. The van der Waals surface area contributed by atoms with Gasteiger partial charge in [0.15, 0.2) is 0 Å². The van der Waals surface area contributed by atoms with Crippen LogP contribution in [0, 0.1) is 0 Å². The number of carbonyl (C=O) groups is 2. The lowest BCUT2D eigenvalue weighted by atomic mass is 10.1. The smallest absolute Gasteiger partial charge is 0.305 e. The van der Waals surface area contributed by atoms with Gasteiger partial charge in [-0.1, -0.05) is 0 Å². The third-order valence-corrected chi connectivity index (χ3v) is 2.65. The largest absolute Gasteiger partial charge is 0.481 e. The van der Waals surface area contributed by atoms with Crippen molar-refractivity contribution in [2.45, 2.75) is 31.3 Å². The highest BCUT2D eigenvalue weighted by molar-refractivity contribution is 5.80. The van der Waals surface area contributed by atoms with Crippen LogP contribution in [0.15, 0.2) is 0 Å². The van der Waals surface area contributed by atoms with E-state index in [0.29, 0.717) is 19.1 Å². The summed E-state index contributed by atoms with van der Waals surface area (Å²) in [5.74, 6) is -0.901. The average molecular weight is 198 g/mol. The summed E-state index contributed by atoms with van der Waals surface area (Å²) < 4.78 is 0. The van der Waals surface area contributed by atoms with Crippen LogP contribution in [0.25, 0.3) is 0 Å². The van der Waals surface area contributed by atoms with Crippen molar-refractivity contribution in [2.24, 2.45) is 0 Å². The molecule has 0 spiro atoms. The van der Waals surface area contributed by atoms with Crippen molar-refractivity contribution in [3.8, 4) is 0 Å². The molecule has 1 amide bonds. The molecule has 1 aliphatic heterocycles. The minimum atomic E-state index is -0.854. The number of carboxylic acids is 1. The van der Waals surface area contributed by atoms with Crippen molar-refractivity contribution in [1.29, 1.82) is 0 Å². The van der Waals surface area contributed by atoms with Crippen molar-refractivity contribution in [1.82, 2.24) is 10.2 Å². The molecule has 1 atom stereocenters. The molecule has 14 heavy (non-hydrogen) atoms. The molecule has 5 nitrogen and oxygen atoms in total. The third-order valence-electron chi connectivity index (χ3n) is 2.65. The normalized spacial score (nSPS) is 28.6. The number of hydrogen-bond donors (Lipinski definition) is 2. The highest BCUT2D eigenvalue weighted by atomic mass is 16.4. The van der Waals surface area contributed by atoms with Crippen molar-refractivity contribution in [2.75, 3.05) is 13.1 Å². The first-order chi connectivity index (χ1) is 6.65. The van der Waals surface area contributed by atoms with Crippen LogP contribution in [0.3, 0.4) is 0 Å². The lowest BCUT2D eigenvalue weighted by Gasteiger charge is -2.32. The van der Waals surface area contributed by atoms with E-state index in [9.17, 15) is 9.59 Å². The second-order valence-electron chi connectivity index (χ2n) is 4.02. The predicted octanol–water partition coefficient (Wildman–Crippen LogP) is -0.576. The molecule has 2 N–H and O–H groups in total. The Kier molecular flexibility index (Phi) is 2.41. The summed E-state index contributed by atoms with van der Waals surface area (Å²) in [6.45, 7) is 1.11. The number of amides is 1. The van der Waals surface area contributed by atoms with E-state index in [1.165, 1.54) is 0 Å². The molecular formula is C9H14N2O3. The van der Waals surface area contributed by atoms with Gasteiger partial charge in [0.1, 0.15) is 0 Å². The van der Waals surface area contributed by atoms with Crippen molar-refractivity contribution >= 4 is 11.9 Å². The Morgan fingerprint density at radius 3 is 2.86 bits per heavy atom. The van der Waals surface area contributed by atoms with Gasteiger partial charge in [0.2, 0.25) is 5.91 Å². The monoisotopic (exact) mass is 198 g/mol. The molecule has 1 unspecified atom stereocenters. The fourth-order valence-electron chi connectivity index (χ4n) is 1.90. The van der Waals surface area contributed by atoms with Crippen LogP contribution in [-0.2, 0) is 9.59 Å². The Balaban J connectivity index is 1.91. The Hall–Kier alpha value is -1.10. The van der Waals surface area contributed by atoms with Gasteiger partial charge in [-0.2, -0.15) is 0 Å². The molecule has 5 heteroatoms. The van der Waals surface area contributed by atoms with Gasteiger partial charge in [0.05, 0.1) is 19.0 Å². The number of aliphatic carboxylic acids is 1. The van der Waals surface area contributed by atoms with Crippen LogP contribution in [0.5, 0.6) is 0 Å². The molecule has 78 valence electrons. The van der Waals surface area contributed by atoms with Gasteiger partial charge in [0.25, 0.3) is 0 Å². The maximum atomic E-state index is 11.3. The second-order valence-corrected chi connectivity index (χ2v) is 4.02. The Morgan fingerprint density at radius 2 is 2.29 bits per heavy atom. The summed E-state index contributed by atoms with van der Waals surface area (Å²) in [6.07, 6.45) is 2.31. The summed E-state index contributed by atoms with van der Waals surface area (Å²) in [7, 11) is 0. The molecule has 0 radical (unpaired) electrons. The summed E-state index contributed by atoms with van der Waals surface area (Å²) in [5.41, 5.74) is 0. The van der Waals surface area contributed by atoms with Crippen LogP contribution in [0.1, 0.15) is 19.3 Å². The first kappa shape index (κ1) is 9.45. The third kappa shape index (κ3) is 2.23. The molecule has 1 heterocycles. The number of nitrogens with one attached hydrogen (secondary N) is 1. The lowest BCUT2D eigenvalue weighted by molar-refractivity contribution is -0.138. The van der Waals surface area contributed by atoms with Gasteiger partial charge in [-0.05, 0) is 12.8 Å². The topological polar surface area (TPSA) is 69.6 Å². The molecule has 0 aromatic heterocycles. The van der Waals surface area contributed by atoms with Gasteiger partial charge in [-0.15, -0.1) is 0 Å². The molecule has 0 aromatic carbocycles. The van der Waals surface area contributed by atoms with Crippen LogP contribution in [-0.4, -0.2) is 47.1 Å². The molecule has 1 aliphatic carbocycles. The van der Waals surface area contributed by atoms with Crippen LogP contribution >= 0.6 is 0 Å². The Morgan fingerprint density at radius 1 is 1.57 bits per heavy atom. The van der Waals surface area contributed by atoms with Crippen molar-refractivity contribution in [3.63, 3.8) is 0 Å². The van der Waals surface area contributed by atoms with E-state index in [2.05, 4.69) is 10.2 Å². The maximum absolute atomic E-state index is 11.3. The molecule has 2 aliphatic rings. The van der Waals surface area contributed by atoms with Gasteiger partial charge in [0, 0.05) is 12.6 Å². The predicted molar refractivity (Wildman–Crippen MR) is 48.8 cm³/mol. The Labute approximate surface area is 82.1 Å².